The average molecular weight is 481 g/mol. The Morgan fingerprint density at radius 1 is 1.00 bits per heavy atom. The van der Waals surface area contributed by atoms with Crippen LogP contribution >= 0.6 is 0 Å². The van der Waals surface area contributed by atoms with E-state index in [1.807, 2.05) is 24.3 Å². The van der Waals surface area contributed by atoms with Crippen molar-refractivity contribution in [3.8, 4) is 17.1 Å². The van der Waals surface area contributed by atoms with Crippen LogP contribution in [0.4, 0.5) is 0 Å². The monoisotopic (exact) mass is 480 g/mol. The van der Waals surface area contributed by atoms with Crippen LogP contribution in [0.2, 0.25) is 0 Å². The number of ether oxygens (including phenoxy) is 1. The zero-order valence-corrected chi connectivity index (χ0v) is 20.9. The second-order valence-electron chi connectivity index (χ2n) is 10.9. The standard InChI is InChI=1S/C31H32N2O3/c1-30(2,34)29-18-28(36-33-29)22-7-10-23(11-8-22)31(19-21-6-9-25(31)17-21)24-12-14-27(15-13-24)35-20-26-5-3-4-16-32-26/h3-5,7-8,10-16,18,21,25,34H,6,9,17,19-20H2,1-2H3/t21?,25?,31-/m0/s1. The van der Waals surface area contributed by atoms with Crippen molar-refractivity contribution in [2.75, 3.05) is 0 Å². The van der Waals surface area contributed by atoms with Gasteiger partial charge in [0.25, 0.3) is 0 Å². The molecule has 2 fully saturated rings. The molecular formula is C31H32N2O3. The Labute approximate surface area is 212 Å². The maximum atomic E-state index is 10.2. The molecule has 36 heavy (non-hydrogen) atoms. The minimum atomic E-state index is -1.03. The van der Waals surface area contributed by atoms with Crippen LogP contribution in [0.25, 0.3) is 11.3 Å². The summed E-state index contributed by atoms with van der Waals surface area (Å²) in [4.78, 5) is 4.35. The van der Waals surface area contributed by atoms with Gasteiger partial charge in [-0.2, -0.15) is 0 Å². The number of pyridine rings is 1. The van der Waals surface area contributed by atoms with E-state index in [0.717, 1.165) is 22.9 Å². The van der Waals surface area contributed by atoms with Crippen molar-refractivity contribution in [3.63, 3.8) is 0 Å². The molecule has 0 radical (unpaired) electrons. The fourth-order valence-electron chi connectivity index (χ4n) is 6.32. The Morgan fingerprint density at radius 2 is 1.75 bits per heavy atom. The van der Waals surface area contributed by atoms with Crippen molar-refractivity contribution in [1.29, 1.82) is 0 Å². The van der Waals surface area contributed by atoms with E-state index in [2.05, 4.69) is 58.7 Å². The molecule has 2 bridgehead atoms. The molecule has 0 spiro atoms. The molecule has 184 valence electrons. The fourth-order valence-corrected chi connectivity index (χ4v) is 6.32. The quantitative estimate of drug-likeness (QED) is 0.321. The van der Waals surface area contributed by atoms with E-state index in [4.69, 9.17) is 9.26 Å². The molecule has 2 heterocycles. The van der Waals surface area contributed by atoms with Crippen molar-refractivity contribution in [1.82, 2.24) is 10.1 Å². The highest BCUT2D eigenvalue weighted by molar-refractivity contribution is 5.59. The Morgan fingerprint density at radius 3 is 2.33 bits per heavy atom. The maximum Gasteiger partial charge on any atom is 0.167 e. The van der Waals surface area contributed by atoms with Crippen LogP contribution in [-0.4, -0.2) is 15.2 Å². The summed E-state index contributed by atoms with van der Waals surface area (Å²) in [6.07, 6.45) is 6.91. The molecule has 0 aliphatic heterocycles. The van der Waals surface area contributed by atoms with Crippen molar-refractivity contribution in [2.45, 2.75) is 57.2 Å². The number of benzene rings is 2. The molecule has 2 unspecified atom stereocenters. The van der Waals surface area contributed by atoms with Crippen molar-refractivity contribution in [3.05, 3.63) is 102 Å². The van der Waals surface area contributed by atoms with E-state index in [1.54, 1.807) is 20.0 Å². The van der Waals surface area contributed by atoms with Crippen LogP contribution in [0.5, 0.6) is 5.75 Å². The van der Waals surface area contributed by atoms with Gasteiger partial charge in [0.2, 0.25) is 0 Å². The molecule has 2 saturated carbocycles. The number of rotatable bonds is 7. The van der Waals surface area contributed by atoms with E-state index < -0.39 is 5.60 Å². The molecule has 0 saturated heterocycles. The Hall–Kier alpha value is -3.44. The highest BCUT2D eigenvalue weighted by atomic mass is 16.5. The molecule has 2 aromatic heterocycles. The lowest BCUT2D eigenvalue weighted by molar-refractivity contribution is 0.0701. The van der Waals surface area contributed by atoms with Gasteiger partial charge in [0.05, 0.1) is 5.69 Å². The third-order valence-electron chi connectivity index (χ3n) is 8.15. The number of aliphatic hydroxyl groups is 1. The SMILES string of the molecule is CC(C)(O)c1cc(-c2ccc([C@]3(c4ccc(OCc5ccccn5)cc4)CC4CCC3C4)cc2)on1. The van der Waals surface area contributed by atoms with Crippen LogP contribution in [0, 0.1) is 11.8 Å². The van der Waals surface area contributed by atoms with E-state index in [0.29, 0.717) is 24.0 Å². The summed E-state index contributed by atoms with van der Waals surface area (Å²) in [6.45, 7) is 3.89. The number of fused-ring (bicyclic) bond motifs is 2. The van der Waals surface area contributed by atoms with Gasteiger partial charge in [-0.3, -0.25) is 4.98 Å². The van der Waals surface area contributed by atoms with Gasteiger partial charge in [0.15, 0.2) is 5.76 Å². The molecule has 5 heteroatoms. The molecule has 3 atom stereocenters. The van der Waals surface area contributed by atoms with Gasteiger partial charge in [-0.25, -0.2) is 0 Å². The molecule has 0 amide bonds. The summed E-state index contributed by atoms with van der Waals surface area (Å²) in [6, 6.07) is 25.2. The molecule has 4 aromatic rings. The second kappa shape index (κ2) is 8.90. The van der Waals surface area contributed by atoms with Gasteiger partial charge >= 0.3 is 0 Å². The summed E-state index contributed by atoms with van der Waals surface area (Å²) in [5.74, 6) is 2.99. The molecular weight excluding hydrogens is 448 g/mol. The summed E-state index contributed by atoms with van der Waals surface area (Å²) in [7, 11) is 0. The van der Waals surface area contributed by atoms with Crippen LogP contribution in [0.3, 0.4) is 0 Å². The molecule has 2 aliphatic carbocycles. The van der Waals surface area contributed by atoms with Gasteiger partial charge in [-0.15, -0.1) is 0 Å². The number of hydrogen-bond donors (Lipinski definition) is 1. The lowest BCUT2D eigenvalue weighted by Crippen LogP contribution is -2.33. The first-order valence-corrected chi connectivity index (χ1v) is 12.9. The fraction of sp³-hybridized carbons (Fsp3) is 0.355. The first kappa shape index (κ1) is 23.0. The minimum absolute atomic E-state index is 0.0284. The van der Waals surface area contributed by atoms with E-state index in [-0.39, 0.29) is 5.41 Å². The van der Waals surface area contributed by atoms with Crippen molar-refractivity contribution >= 4 is 0 Å². The van der Waals surface area contributed by atoms with Gasteiger partial charge in [-0.1, -0.05) is 54.0 Å². The van der Waals surface area contributed by atoms with E-state index in [1.165, 1.54) is 36.8 Å². The van der Waals surface area contributed by atoms with Gasteiger partial charge in [0.1, 0.15) is 23.7 Å². The Balaban J connectivity index is 1.27. The number of aromatic nitrogens is 2. The first-order chi connectivity index (χ1) is 17.4. The van der Waals surface area contributed by atoms with Crippen LogP contribution < -0.4 is 4.74 Å². The van der Waals surface area contributed by atoms with Crippen LogP contribution in [0.1, 0.15) is 62.0 Å². The third kappa shape index (κ3) is 4.11. The predicted molar refractivity (Wildman–Crippen MR) is 138 cm³/mol. The average Bonchev–Trinajstić information content (AvgIpc) is 3.65. The number of hydrogen-bond acceptors (Lipinski definition) is 5. The third-order valence-corrected chi connectivity index (χ3v) is 8.15. The summed E-state index contributed by atoms with van der Waals surface area (Å²) in [5, 5.41) is 14.3. The molecule has 2 aliphatic rings. The lowest BCUT2D eigenvalue weighted by Gasteiger charge is -2.39. The van der Waals surface area contributed by atoms with Gasteiger partial charge < -0.3 is 14.4 Å². The number of nitrogens with zero attached hydrogens (tertiary/aromatic N) is 2. The zero-order valence-electron chi connectivity index (χ0n) is 20.9. The van der Waals surface area contributed by atoms with Crippen LogP contribution in [0.15, 0.2) is 83.5 Å². The molecule has 5 nitrogen and oxygen atoms in total. The van der Waals surface area contributed by atoms with Gasteiger partial charge in [-0.05, 0) is 80.3 Å². The highest BCUT2D eigenvalue weighted by Crippen LogP contribution is 2.60. The summed E-state index contributed by atoms with van der Waals surface area (Å²) >= 11 is 0. The van der Waals surface area contributed by atoms with Crippen molar-refractivity contribution < 1.29 is 14.4 Å². The van der Waals surface area contributed by atoms with Crippen LogP contribution in [-0.2, 0) is 17.6 Å². The molecule has 6 rings (SSSR count). The van der Waals surface area contributed by atoms with Gasteiger partial charge in [0, 0.05) is 23.2 Å². The molecule has 2 aromatic carbocycles. The van der Waals surface area contributed by atoms with E-state index in [9.17, 15) is 5.11 Å². The topological polar surface area (TPSA) is 68.4 Å². The van der Waals surface area contributed by atoms with E-state index >= 15 is 0 Å². The highest BCUT2D eigenvalue weighted by Gasteiger charge is 2.52. The largest absolute Gasteiger partial charge is 0.487 e. The summed E-state index contributed by atoms with van der Waals surface area (Å²) in [5.41, 5.74) is 4.17. The smallest absolute Gasteiger partial charge is 0.167 e. The minimum Gasteiger partial charge on any atom is -0.487 e. The second-order valence-corrected chi connectivity index (χ2v) is 10.9. The normalized spacial score (nSPS) is 23.2. The summed E-state index contributed by atoms with van der Waals surface area (Å²) < 4.78 is 11.5. The first-order valence-electron chi connectivity index (χ1n) is 12.9. The lowest BCUT2D eigenvalue weighted by atomic mass is 9.64. The predicted octanol–water partition coefficient (Wildman–Crippen LogP) is 6.65. The Kier molecular flexibility index (Phi) is 5.68. The molecule has 1 N–H and O–H groups in total. The van der Waals surface area contributed by atoms with Crippen molar-refractivity contribution in [2.24, 2.45) is 11.8 Å². The zero-order chi connectivity index (χ0) is 24.8. The maximum absolute atomic E-state index is 10.2. The Bertz CT molecular complexity index is 1320.